The fraction of sp³-hybridized carbons (Fsp3) is 0.885. The number of hydrogen-bond acceptors (Lipinski definition) is 4. The molecule has 0 aromatic carbocycles. The molecule has 1 saturated carbocycles. The Balaban J connectivity index is 2.40. The van der Waals surface area contributed by atoms with Crippen molar-refractivity contribution in [2.45, 2.75) is 123 Å². The summed E-state index contributed by atoms with van der Waals surface area (Å²) in [6, 6.07) is 0. The predicted octanol–water partition coefficient (Wildman–Crippen LogP) is 6.19. The van der Waals surface area contributed by atoms with Gasteiger partial charge in [0.1, 0.15) is 0 Å². The topological polar surface area (TPSA) is 66.8 Å². The summed E-state index contributed by atoms with van der Waals surface area (Å²) in [7, 11) is 0. The average molecular weight is 425 g/mol. The molecule has 4 heteroatoms. The summed E-state index contributed by atoms with van der Waals surface area (Å²) in [5, 5.41) is 20.6. The van der Waals surface area contributed by atoms with Gasteiger partial charge in [0.2, 0.25) is 0 Å². The smallest absolute Gasteiger partial charge is 0.309 e. The quantitative estimate of drug-likeness (QED) is 0.176. The van der Waals surface area contributed by atoms with E-state index in [9.17, 15) is 15.0 Å². The Morgan fingerprint density at radius 3 is 2.53 bits per heavy atom. The second-order valence-corrected chi connectivity index (χ2v) is 9.26. The van der Waals surface area contributed by atoms with Crippen LogP contribution in [-0.4, -0.2) is 35.0 Å². The summed E-state index contributed by atoms with van der Waals surface area (Å²) in [6.45, 7) is 8.78. The fourth-order valence-corrected chi connectivity index (χ4v) is 4.69. The first kappa shape index (κ1) is 27.2. The van der Waals surface area contributed by atoms with Crippen molar-refractivity contribution in [2.24, 2.45) is 17.8 Å². The van der Waals surface area contributed by atoms with Gasteiger partial charge in [0, 0.05) is 5.92 Å². The van der Waals surface area contributed by atoms with Crippen LogP contribution in [-0.2, 0) is 9.53 Å². The van der Waals surface area contributed by atoms with Crippen molar-refractivity contribution in [1.29, 1.82) is 0 Å². The number of ether oxygens (including phenoxy) is 1. The Bertz CT molecular complexity index is 487. The second-order valence-electron chi connectivity index (χ2n) is 9.26. The number of hydrogen-bond donors (Lipinski definition) is 2. The molecule has 1 aliphatic rings. The Labute approximate surface area is 185 Å². The maximum Gasteiger partial charge on any atom is 0.309 e. The van der Waals surface area contributed by atoms with Crippen molar-refractivity contribution in [3.63, 3.8) is 0 Å². The summed E-state index contributed by atoms with van der Waals surface area (Å²) in [4.78, 5) is 12.2. The number of carbonyl (C=O) groups is 1. The van der Waals surface area contributed by atoms with Crippen molar-refractivity contribution in [2.75, 3.05) is 6.61 Å². The molecule has 2 N–H and O–H groups in total. The zero-order chi connectivity index (χ0) is 22.4. The molecular formula is C26H48O4. The molecule has 1 fully saturated rings. The van der Waals surface area contributed by atoms with Gasteiger partial charge in [-0.2, -0.15) is 0 Å². The van der Waals surface area contributed by atoms with Gasteiger partial charge in [-0.15, -0.1) is 0 Å². The highest BCUT2D eigenvalue weighted by Gasteiger charge is 2.29. The second kappa shape index (κ2) is 15.9. The lowest BCUT2D eigenvalue weighted by atomic mass is 9.86. The Hall–Kier alpha value is -0.870. The lowest BCUT2D eigenvalue weighted by Gasteiger charge is -2.21. The van der Waals surface area contributed by atoms with Crippen LogP contribution in [0.1, 0.15) is 111 Å². The van der Waals surface area contributed by atoms with E-state index >= 15 is 0 Å². The molecule has 0 spiro atoms. The van der Waals surface area contributed by atoms with Crippen molar-refractivity contribution < 1.29 is 19.7 Å². The highest BCUT2D eigenvalue weighted by Crippen LogP contribution is 2.36. The van der Waals surface area contributed by atoms with E-state index < -0.39 is 0 Å². The van der Waals surface area contributed by atoms with Crippen molar-refractivity contribution >= 4 is 5.97 Å². The third-order valence-corrected chi connectivity index (χ3v) is 6.91. The minimum absolute atomic E-state index is 0.0108. The molecule has 0 amide bonds. The van der Waals surface area contributed by atoms with Gasteiger partial charge in [0.05, 0.1) is 24.7 Å². The van der Waals surface area contributed by atoms with Gasteiger partial charge >= 0.3 is 5.97 Å². The molecular weight excluding hydrogens is 376 g/mol. The van der Waals surface area contributed by atoms with E-state index in [1.165, 1.54) is 18.4 Å². The maximum atomic E-state index is 12.2. The average Bonchev–Trinajstić information content (AvgIpc) is 3.08. The van der Waals surface area contributed by atoms with E-state index in [2.05, 4.69) is 26.8 Å². The van der Waals surface area contributed by atoms with Crippen LogP contribution < -0.4 is 0 Å². The van der Waals surface area contributed by atoms with Crippen LogP contribution in [0, 0.1) is 17.8 Å². The molecule has 0 heterocycles. The van der Waals surface area contributed by atoms with E-state index in [0.717, 1.165) is 70.6 Å². The highest BCUT2D eigenvalue weighted by molar-refractivity contribution is 5.72. The number of aliphatic hydroxyl groups is 2. The first-order valence-electron chi connectivity index (χ1n) is 12.7. The molecule has 0 saturated heterocycles. The van der Waals surface area contributed by atoms with Gasteiger partial charge < -0.3 is 14.9 Å². The number of unbranched alkanes of at least 4 members (excludes halogenated alkanes) is 4. The summed E-state index contributed by atoms with van der Waals surface area (Å²) in [5.74, 6) is 0.583. The van der Waals surface area contributed by atoms with Crippen LogP contribution in [0.5, 0.6) is 0 Å². The van der Waals surface area contributed by atoms with Gasteiger partial charge in [0.15, 0.2) is 0 Å². The molecule has 4 nitrogen and oxygen atoms in total. The summed E-state index contributed by atoms with van der Waals surface area (Å²) in [5.41, 5.74) is 1.35. The standard InChI is InChI=1S/C26H48O4/c1-5-8-10-13-22(27)18-16-21-17-19-25(28)24(21)15-12-9-11-14-23(20(4)6-2)26(29)30-7-3/h16,20,22-25,27-28H,5-15,17-19H2,1-4H3/t20?,22?,23?,24-,25+/m1/s1. The van der Waals surface area contributed by atoms with Crippen LogP contribution >= 0.6 is 0 Å². The third kappa shape index (κ3) is 9.96. The first-order valence-corrected chi connectivity index (χ1v) is 12.7. The van der Waals surface area contributed by atoms with E-state index in [1.807, 2.05) is 6.92 Å². The SMILES string of the molecule is CCCCCC(O)CC=C1CC[C@H](O)[C@@H]1CCCCCC(C(=O)OCC)C(C)CC. The zero-order valence-electron chi connectivity index (χ0n) is 20.1. The van der Waals surface area contributed by atoms with Crippen LogP contribution in [0.2, 0.25) is 0 Å². The van der Waals surface area contributed by atoms with E-state index in [0.29, 0.717) is 12.5 Å². The molecule has 30 heavy (non-hydrogen) atoms. The monoisotopic (exact) mass is 424 g/mol. The summed E-state index contributed by atoms with van der Waals surface area (Å²) < 4.78 is 5.27. The zero-order valence-corrected chi connectivity index (χ0v) is 20.1. The van der Waals surface area contributed by atoms with Gasteiger partial charge in [-0.1, -0.05) is 77.4 Å². The number of rotatable bonds is 16. The van der Waals surface area contributed by atoms with Crippen LogP contribution in [0.25, 0.3) is 0 Å². The van der Waals surface area contributed by atoms with Gasteiger partial charge in [0.25, 0.3) is 0 Å². The lowest BCUT2D eigenvalue weighted by Crippen LogP contribution is -2.24. The van der Waals surface area contributed by atoms with Gasteiger partial charge in [-0.3, -0.25) is 4.79 Å². The molecule has 5 atom stereocenters. The molecule has 1 rings (SSSR count). The van der Waals surface area contributed by atoms with Gasteiger partial charge in [-0.25, -0.2) is 0 Å². The first-order chi connectivity index (χ1) is 14.4. The molecule has 3 unspecified atom stereocenters. The van der Waals surface area contributed by atoms with E-state index in [1.54, 1.807) is 0 Å². The molecule has 1 aliphatic carbocycles. The van der Waals surface area contributed by atoms with Crippen LogP contribution in [0.4, 0.5) is 0 Å². The lowest BCUT2D eigenvalue weighted by molar-refractivity contribution is -0.150. The van der Waals surface area contributed by atoms with Crippen molar-refractivity contribution in [3.05, 3.63) is 11.6 Å². The van der Waals surface area contributed by atoms with E-state index in [4.69, 9.17) is 4.74 Å². The molecule has 0 radical (unpaired) electrons. The molecule has 0 aromatic rings. The number of aliphatic hydroxyl groups excluding tert-OH is 2. The summed E-state index contributed by atoms with van der Waals surface area (Å²) in [6.07, 6.45) is 14.7. The normalized spacial score (nSPS) is 23.5. The maximum absolute atomic E-state index is 12.2. The fourth-order valence-electron chi connectivity index (χ4n) is 4.69. The Kier molecular flexibility index (Phi) is 14.4. The molecule has 0 aromatic heterocycles. The predicted molar refractivity (Wildman–Crippen MR) is 124 cm³/mol. The third-order valence-electron chi connectivity index (χ3n) is 6.91. The summed E-state index contributed by atoms with van der Waals surface area (Å²) >= 11 is 0. The minimum Gasteiger partial charge on any atom is -0.466 e. The van der Waals surface area contributed by atoms with Gasteiger partial charge in [-0.05, 0) is 51.4 Å². The van der Waals surface area contributed by atoms with E-state index in [-0.39, 0.29) is 30.0 Å². The van der Waals surface area contributed by atoms with Crippen LogP contribution in [0.15, 0.2) is 11.6 Å². The van der Waals surface area contributed by atoms with Crippen LogP contribution in [0.3, 0.4) is 0 Å². The number of carbonyl (C=O) groups excluding carboxylic acids is 1. The Morgan fingerprint density at radius 2 is 1.87 bits per heavy atom. The highest BCUT2D eigenvalue weighted by atomic mass is 16.5. The van der Waals surface area contributed by atoms with Crippen molar-refractivity contribution in [3.8, 4) is 0 Å². The molecule has 176 valence electrons. The number of esters is 1. The largest absolute Gasteiger partial charge is 0.466 e. The molecule has 0 aliphatic heterocycles. The van der Waals surface area contributed by atoms with Crippen molar-refractivity contribution in [1.82, 2.24) is 0 Å². The Morgan fingerprint density at radius 1 is 1.13 bits per heavy atom. The molecule has 0 bridgehead atoms. The minimum atomic E-state index is -0.247.